The number of aliphatic hydroxyl groups excluding tert-OH is 8. The molecule has 12 nitrogen and oxygen atoms in total. The van der Waals surface area contributed by atoms with E-state index in [1.807, 2.05) is 0 Å². The molecule has 0 spiro atoms. The standard InChI is InChI=1S/C36H62O12/c1-5-8-17(2)19-10-11-20-26-21(14-25(36(19,20)4)48-34-32(44)30(42)28(40)24(16-38)47-34)35(3)12-7-6-9-18(35)13-22(26)45-33-31(43)29(41)27(39)23(15-37)46-33/h17-34,37-44H,5-16H2,1-4H3/t17-,18+,19-,20+,21+,22?,23?,24?,25+,26?,27-,28-,29?,30?,31+,32+,33-,34+,35+,36-/m1/s1. The van der Waals surface area contributed by atoms with Gasteiger partial charge in [0.2, 0.25) is 0 Å². The van der Waals surface area contributed by atoms with Gasteiger partial charge in [-0.2, -0.15) is 0 Å². The molecule has 12 heteroatoms. The fraction of sp³-hybridized carbons (Fsp3) is 1.00. The molecule has 4 saturated carbocycles. The average molecular weight is 687 g/mol. The molecular weight excluding hydrogens is 624 g/mol. The van der Waals surface area contributed by atoms with Crippen LogP contribution in [0.2, 0.25) is 0 Å². The zero-order valence-electron chi connectivity index (χ0n) is 29.1. The Bertz CT molecular complexity index is 1080. The van der Waals surface area contributed by atoms with E-state index in [2.05, 4.69) is 27.7 Å². The van der Waals surface area contributed by atoms with Crippen molar-refractivity contribution in [3.63, 3.8) is 0 Å². The Balaban J connectivity index is 1.37. The van der Waals surface area contributed by atoms with Crippen molar-refractivity contribution in [2.24, 2.45) is 46.3 Å². The second-order valence-corrected chi connectivity index (χ2v) is 16.7. The zero-order valence-corrected chi connectivity index (χ0v) is 29.1. The second-order valence-electron chi connectivity index (χ2n) is 16.7. The summed E-state index contributed by atoms with van der Waals surface area (Å²) in [6.45, 7) is 8.16. The van der Waals surface area contributed by atoms with Gasteiger partial charge in [-0.3, -0.25) is 0 Å². The molecule has 0 amide bonds. The Hall–Kier alpha value is -0.480. The van der Waals surface area contributed by atoms with Crippen LogP contribution in [0.15, 0.2) is 0 Å². The van der Waals surface area contributed by atoms with Crippen molar-refractivity contribution in [2.45, 2.75) is 166 Å². The predicted octanol–water partition coefficient (Wildman–Crippen LogP) is 1.06. The van der Waals surface area contributed by atoms with E-state index in [0.717, 1.165) is 57.8 Å². The van der Waals surface area contributed by atoms with E-state index in [-0.39, 0.29) is 40.8 Å². The molecule has 2 aliphatic heterocycles. The Labute approximate surface area is 284 Å². The van der Waals surface area contributed by atoms with E-state index in [9.17, 15) is 40.9 Å². The summed E-state index contributed by atoms with van der Waals surface area (Å²) >= 11 is 0. The Morgan fingerprint density at radius 3 is 1.92 bits per heavy atom. The summed E-state index contributed by atoms with van der Waals surface area (Å²) in [4.78, 5) is 0. The van der Waals surface area contributed by atoms with Crippen LogP contribution < -0.4 is 0 Å². The van der Waals surface area contributed by atoms with Gasteiger partial charge in [0.25, 0.3) is 0 Å². The van der Waals surface area contributed by atoms with Crippen molar-refractivity contribution < 1.29 is 59.8 Å². The first-order valence-electron chi connectivity index (χ1n) is 18.7. The van der Waals surface area contributed by atoms with E-state index in [4.69, 9.17) is 18.9 Å². The summed E-state index contributed by atoms with van der Waals surface area (Å²) in [7, 11) is 0. The second kappa shape index (κ2) is 14.5. The molecule has 6 rings (SSSR count). The van der Waals surface area contributed by atoms with Crippen molar-refractivity contribution >= 4 is 0 Å². The summed E-state index contributed by atoms with van der Waals surface area (Å²) in [6.07, 6.45) is -4.24. The molecule has 48 heavy (non-hydrogen) atoms. The van der Waals surface area contributed by atoms with Crippen molar-refractivity contribution in [1.82, 2.24) is 0 Å². The third-order valence-electron chi connectivity index (χ3n) is 14.5. The first-order valence-corrected chi connectivity index (χ1v) is 18.7. The molecule has 2 saturated heterocycles. The Morgan fingerprint density at radius 2 is 1.33 bits per heavy atom. The third kappa shape index (κ3) is 6.11. The number of rotatable bonds is 9. The van der Waals surface area contributed by atoms with E-state index in [0.29, 0.717) is 24.2 Å². The molecule has 20 atom stereocenters. The number of hydrogen-bond acceptors (Lipinski definition) is 12. The van der Waals surface area contributed by atoms with Crippen LogP contribution >= 0.6 is 0 Å². The SMILES string of the molecule is CCC[C@@H](C)[C@H]1CC[C@H]2C3C(O[C@@H]4OC(CO)[C@@H](O)C(O)[C@@H]4O)C[C@@H]4CCCC[C@]4(C)[C@H]3C[C@H](O[C@@H]3OC(CO)[C@@H](O)C(O)[C@@H]3O)[C@]12C. The molecule has 6 aliphatic rings. The lowest BCUT2D eigenvalue weighted by atomic mass is 9.43. The van der Waals surface area contributed by atoms with Gasteiger partial charge in [-0.25, -0.2) is 0 Å². The molecule has 6 unspecified atom stereocenters. The molecule has 2 heterocycles. The van der Waals surface area contributed by atoms with Crippen LogP contribution in [-0.2, 0) is 18.9 Å². The van der Waals surface area contributed by atoms with Gasteiger partial charge in [-0.05, 0) is 79.4 Å². The molecule has 6 fully saturated rings. The third-order valence-corrected chi connectivity index (χ3v) is 14.5. The van der Waals surface area contributed by atoms with Gasteiger partial charge in [0.05, 0.1) is 25.4 Å². The average Bonchev–Trinajstić information content (AvgIpc) is 3.43. The topological polar surface area (TPSA) is 199 Å². The molecular formula is C36H62O12. The quantitative estimate of drug-likeness (QED) is 0.161. The van der Waals surface area contributed by atoms with Gasteiger partial charge >= 0.3 is 0 Å². The fourth-order valence-electron chi connectivity index (χ4n) is 11.8. The molecule has 0 aromatic rings. The van der Waals surface area contributed by atoms with E-state index < -0.39 is 74.6 Å². The number of ether oxygens (including phenoxy) is 4. The normalized spacial score (nSPS) is 54.6. The van der Waals surface area contributed by atoms with Crippen LogP contribution in [0.3, 0.4) is 0 Å². The molecule has 0 bridgehead atoms. The van der Waals surface area contributed by atoms with Crippen molar-refractivity contribution in [1.29, 1.82) is 0 Å². The van der Waals surface area contributed by atoms with E-state index in [1.54, 1.807) is 0 Å². The van der Waals surface area contributed by atoms with Crippen LogP contribution in [0.25, 0.3) is 0 Å². The molecule has 278 valence electrons. The van der Waals surface area contributed by atoms with Crippen LogP contribution in [0.5, 0.6) is 0 Å². The van der Waals surface area contributed by atoms with Gasteiger partial charge in [-0.15, -0.1) is 0 Å². The summed E-state index contributed by atoms with van der Waals surface area (Å²) in [5.41, 5.74) is -0.382. The molecule has 8 N–H and O–H groups in total. The Morgan fingerprint density at radius 1 is 0.729 bits per heavy atom. The lowest BCUT2D eigenvalue weighted by Gasteiger charge is -2.65. The maximum Gasteiger partial charge on any atom is 0.186 e. The van der Waals surface area contributed by atoms with Gasteiger partial charge in [0.1, 0.15) is 48.8 Å². The van der Waals surface area contributed by atoms with E-state index >= 15 is 0 Å². The molecule has 4 aliphatic carbocycles. The van der Waals surface area contributed by atoms with Gasteiger partial charge in [0.15, 0.2) is 12.6 Å². The minimum absolute atomic E-state index is 0.0103. The summed E-state index contributed by atoms with van der Waals surface area (Å²) in [5.74, 6) is 1.41. The largest absolute Gasteiger partial charge is 0.394 e. The maximum atomic E-state index is 11.1. The van der Waals surface area contributed by atoms with Crippen LogP contribution in [0.1, 0.15) is 91.9 Å². The zero-order chi connectivity index (χ0) is 34.7. The van der Waals surface area contributed by atoms with Crippen LogP contribution in [-0.4, -0.2) is 128 Å². The molecule has 0 aromatic carbocycles. The first kappa shape index (κ1) is 37.3. The molecule has 0 aromatic heterocycles. The highest BCUT2D eigenvalue weighted by Gasteiger charge is 2.67. The summed E-state index contributed by atoms with van der Waals surface area (Å²) in [6, 6.07) is 0. The van der Waals surface area contributed by atoms with Crippen molar-refractivity contribution in [3.05, 3.63) is 0 Å². The van der Waals surface area contributed by atoms with Gasteiger partial charge in [-0.1, -0.05) is 53.4 Å². The lowest BCUT2D eigenvalue weighted by molar-refractivity contribution is -0.345. The maximum absolute atomic E-state index is 11.1. The smallest absolute Gasteiger partial charge is 0.186 e. The summed E-state index contributed by atoms with van der Waals surface area (Å²) in [5, 5.41) is 84.1. The van der Waals surface area contributed by atoms with Crippen LogP contribution in [0, 0.1) is 46.3 Å². The predicted molar refractivity (Wildman–Crippen MR) is 172 cm³/mol. The first-order chi connectivity index (χ1) is 22.8. The highest BCUT2D eigenvalue weighted by Crippen LogP contribution is 2.69. The van der Waals surface area contributed by atoms with Crippen molar-refractivity contribution in [3.8, 4) is 0 Å². The van der Waals surface area contributed by atoms with E-state index in [1.165, 1.54) is 0 Å². The number of aliphatic hydroxyl groups is 8. The highest BCUT2D eigenvalue weighted by atomic mass is 16.7. The fourth-order valence-corrected chi connectivity index (χ4v) is 11.8. The molecule has 0 radical (unpaired) electrons. The van der Waals surface area contributed by atoms with Gasteiger partial charge in [0, 0.05) is 5.41 Å². The summed E-state index contributed by atoms with van der Waals surface area (Å²) < 4.78 is 25.5. The van der Waals surface area contributed by atoms with Crippen molar-refractivity contribution in [2.75, 3.05) is 13.2 Å². The number of hydrogen-bond donors (Lipinski definition) is 8. The minimum Gasteiger partial charge on any atom is -0.394 e. The number of fused-ring (bicyclic) bond motifs is 5. The minimum atomic E-state index is -1.52. The van der Waals surface area contributed by atoms with Crippen LogP contribution in [0.4, 0.5) is 0 Å². The monoisotopic (exact) mass is 686 g/mol. The lowest BCUT2D eigenvalue weighted by Crippen LogP contribution is -2.66. The van der Waals surface area contributed by atoms with Gasteiger partial charge < -0.3 is 59.8 Å². The highest BCUT2D eigenvalue weighted by molar-refractivity contribution is 5.15. The Kier molecular flexibility index (Phi) is 11.3.